The molecule has 1 rings (SSSR count). The Hall–Kier alpha value is -1.08. The molecular weight excluding hydrogens is 356 g/mol. The minimum absolute atomic E-state index is 0.0182. The van der Waals surface area contributed by atoms with Crippen LogP contribution in [0.4, 0.5) is 5.69 Å². The molecule has 20 heavy (non-hydrogen) atoms. The minimum atomic E-state index is -2.42. The molecule has 0 atom stereocenters. The predicted octanol–water partition coefficient (Wildman–Crippen LogP) is 3.73. The van der Waals surface area contributed by atoms with Crippen LogP contribution < -0.4 is 4.74 Å². The van der Waals surface area contributed by atoms with Crippen molar-refractivity contribution < 1.29 is 19.2 Å². The molecule has 0 aromatic heterocycles. The lowest BCUT2D eigenvalue weighted by Crippen LogP contribution is -2.25. The van der Waals surface area contributed by atoms with Crippen LogP contribution in [-0.2, 0) is 4.79 Å². The molecule has 0 bridgehead atoms. The van der Waals surface area contributed by atoms with Crippen molar-refractivity contribution in [3.63, 3.8) is 0 Å². The predicted molar refractivity (Wildman–Crippen MR) is 74.0 cm³/mol. The maximum Gasteiger partial charge on any atom is 0.364 e. The van der Waals surface area contributed by atoms with E-state index in [2.05, 4.69) is 4.74 Å². The van der Waals surface area contributed by atoms with E-state index >= 15 is 0 Å². The van der Waals surface area contributed by atoms with E-state index in [0.29, 0.717) is 0 Å². The third kappa shape index (κ3) is 3.96. The van der Waals surface area contributed by atoms with Gasteiger partial charge in [-0.2, -0.15) is 0 Å². The molecule has 0 fully saturated rings. The van der Waals surface area contributed by atoms with Crippen LogP contribution >= 0.6 is 46.4 Å². The first-order valence-electron chi connectivity index (χ1n) is 4.82. The summed E-state index contributed by atoms with van der Waals surface area (Å²) in [6, 6.07) is 2.02. The molecule has 0 spiro atoms. The van der Waals surface area contributed by atoms with Crippen molar-refractivity contribution in [3.8, 4) is 5.75 Å². The van der Waals surface area contributed by atoms with Gasteiger partial charge in [-0.3, -0.25) is 14.9 Å². The fourth-order valence-corrected chi connectivity index (χ4v) is 1.54. The van der Waals surface area contributed by atoms with Gasteiger partial charge in [0, 0.05) is 11.6 Å². The molecule has 0 aliphatic carbocycles. The van der Waals surface area contributed by atoms with Crippen molar-refractivity contribution >= 4 is 63.8 Å². The second-order valence-corrected chi connectivity index (χ2v) is 6.20. The molecule has 1 aromatic carbocycles. The van der Waals surface area contributed by atoms with Gasteiger partial charge in [0.25, 0.3) is 3.79 Å². The maximum absolute atomic E-state index is 11.4. The van der Waals surface area contributed by atoms with Crippen molar-refractivity contribution in [2.45, 2.75) is 10.7 Å². The smallest absolute Gasteiger partial charge is 0.364 e. The molecule has 0 aliphatic rings. The standard InChI is InChI=1S/C10H5Cl4NO5/c1-4(16)5-2-6(11)8(7(3-5)15(18)19)20-9(17)10(12,13)14/h2-3H,1H3. The number of nitrogens with zero attached hydrogens (tertiary/aromatic N) is 1. The van der Waals surface area contributed by atoms with Gasteiger partial charge in [0.15, 0.2) is 5.78 Å². The molecule has 0 aliphatic heterocycles. The van der Waals surface area contributed by atoms with Gasteiger partial charge in [-0.15, -0.1) is 0 Å². The van der Waals surface area contributed by atoms with E-state index < -0.39 is 31.9 Å². The number of hydrogen-bond donors (Lipinski definition) is 0. The number of alkyl halides is 3. The van der Waals surface area contributed by atoms with Crippen LogP contribution in [0.3, 0.4) is 0 Å². The lowest BCUT2D eigenvalue weighted by molar-refractivity contribution is -0.385. The summed E-state index contributed by atoms with van der Waals surface area (Å²) in [6.45, 7) is 1.20. The number of halogens is 4. The molecule has 0 unspecified atom stereocenters. The van der Waals surface area contributed by atoms with Gasteiger partial charge in [0.1, 0.15) is 0 Å². The third-order valence-electron chi connectivity index (χ3n) is 2.05. The first kappa shape index (κ1) is 17.0. The van der Waals surface area contributed by atoms with Crippen molar-refractivity contribution in [3.05, 3.63) is 32.8 Å². The Morgan fingerprint density at radius 1 is 1.30 bits per heavy atom. The van der Waals surface area contributed by atoms with Crippen molar-refractivity contribution in [2.75, 3.05) is 0 Å². The van der Waals surface area contributed by atoms with Gasteiger partial charge in [-0.25, -0.2) is 4.79 Å². The number of hydrogen-bond acceptors (Lipinski definition) is 5. The average Bonchev–Trinajstić information content (AvgIpc) is 2.29. The highest BCUT2D eigenvalue weighted by Crippen LogP contribution is 2.38. The van der Waals surface area contributed by atoms with Crippen LogP contribution in [0.25, 0.3) is 0 Å². The zero-order valence-electron chi connectivity index (χ0n) is 9.66. The topological polar surface area (TPSA) is 86.5 Å². The first-order chi connectivity index (χ1) is 9.04. The molecule has 108 valence electrons. The molecule has 0 saturated carbocycles. The van der Waals surface area contributed by atoms with E-state index in [4.69, 9.17) is 46.4 Å². The molecule has 1 aromatic rings. The van der Waals surface area contributed by atoms with E-state index in [9.17, 15) is 19.7 Å². The van der Waals surface area contributed by atoms with Crippen molar-refractivity contribution in [2.24, 2.45) is 0 Å². The molecule has 10 heteroatoms. The molecule has 0 radical (unpaired) electrons. The van der Waals surface area contributed by atoms with Gasteiger partial charge in [0.2, 0.25) is 5.75 Å². The lowest BCUT2D eigenvalue weighted by Gasteiger charge is -2.12. The van der Waals surface area contributed by atoms with E-state index in [1.165, 1.54) is 6.92 Å². The molecule has 0 amide bonds. The summed E-state index contributed by atoms with van der Waals surface area (Å²) in [6.07, 6.45) is 0. The number of nitro benzene ring substituents is 1. The third-order valence-corrected chi connectivity index (χ3v) is 2.80. The van der Waals surface area contributed by atoms with Crippen LogP contribution in [0.5, 0.6) is 5.75 Å². The van der Waals surface area contributed by atoms with Crippen LogP contribution in [0, 0.1) is 10.1 Å². The van der Waals surface area contributed by atoms with Gasteiger partial charge < -0.3 is 4.74 Å². The minimum Gasteiger partial charge on any atom is -0.414 e. The van der Waals surface area contributed by atoms with E-state index in [0.717, 1.165) is 12.1 Å². The highest BCUT2D eigenvalue weighted by molar-refractivity contribution is 6.75. The number of esters is 1. The Labute approximate surface area is 132 Å². The number of Topliss-reactive ketones (excluding diaryl/α,β-unsaturated/α-hetero) is 1. The number of carbonyl (C=O) groups is 2. The summed E-state index contributed by atoms with van der Waals surface area (Å²) >= 11 is 21.6. The monoisotopic (exact) mass is 359 g/mol. The number of benzene rings is 1. The first-order valence-corrected chi connectivity index (χ1v) is 6.33. The second kappa shape index (κ2) is 6.13. The fraction of sp³-hybridized carbons (Fsp3) is 0.200. The SMILES string of the molecule is CC(=O)c1cc(Cl)c(OC(=O)C(Cl)(Cl)Cl)c([N+](=O)[O-])c1. The van der Waals surface area contributed by atoms with E-state index in [-0.39, 0.29) is 10.6 Å². The number of rotatable bonds is 3. The largest absolute Gasteiger partial charge is 0.414 e. The van der Waals surface area contributed by atoms with Crippen LogP contribution in [-0.4, -0.2) is 20.5 Å². The van der Waals surface area contributed by atoms with Crippen LogP contribution in [0.15, 0.2) is 12.1 Å². The summed E-state index contributed by atoms with van der Waals surface area (Å²) in [4.78, 5) is 32.7. The van der Waals surface area contributed by atoms with E-state index in [1.54, 1.807) is 0 Å². The Morgan fingerprint density at radius 3 is 2.25 bits per heavy atom. The van der Waals surface area contributed by atoms with Gasteiger partial charge in [-0.05, 0) is 13.0 Å². The molecule has 0 N–H and O–H groups in total. The zero-order valence-corrected chi connectivity index (χ0v) is 12.7. The summed E-state index contributed by atoms with van der Waals surface area (Å²) in [5.74, 6) is -2.41. The second-order valence-electron chi connectivity index (χ2n) is 3.51. The number of carbonyl (C=O) groups excluding carboxylic acids is 2. The lowest BCUT2D eigenvalue weighted by atomic mass is 10.1. The van der Waals surface area contributed by atoms with Crippen LogP contribution in [0.1, 0.15) is 17.3 Å². The Bertz CT molecular complexity index is 596. The average molecular weight is 361 g/mol. The van der Waals surface area contributed by atoms with Gasteiger partial charge in [0.05, 0.1) is 9.95 Å². The number of ketones is 1. The molecule has 0 saturated heterocycles. The summed E-state index contributed by atoms with van der Waals surface area (Å²) in [5, 5.41) is 10.6. The quantitative estimate of drug-likeness (QED) is 0.205. The number of nitro groups is 1. The molecule has 0 heterocycles. The Kier molecular flexibility index (Phi) is 5.21. The van der Waals surface area contributed by atoms with Gasteiger partial charge >= 0.3 is 11.7 Å². The Balaban J connectivity index is 3.36. The zero-order chi connectivity index (χ0) is 15.7. The molecular formula is C10H5Cl4NO5. The summed E-state index contributed by atoms with van der Waals surface area (Å²) < 4.78 is 2.20. The van der Waals surface area contributed by atoms with Gasteiger partial charge in [-0.1, -0.05) is 46.4 Å². The number of ether oxygens (including phenoxy) is 1. The highest BCUT2D eigenvalue weighted by atomic mass is 35.6. The fourth-order valence-electron chi connectivity index (χ4n) is 1.17. The van der Waals surface area contributed by atoms with E-state index in [1.807, 2.05) is 0 Å². The molecule has 6 nitrogen and oxygen atoms in total. The normalized spacial score (nSPS) is 11.1. The maximum atomic E-state index is 11.4. The summed E-state index contributed by atoms with van der Waals surface area (Å²) in [7, 11) is 0. The Morgan fingerprint density at radius 2 is 1.85 bits per heavy atom. The summed E-state index contributed by atoms with van der Waals surface area (Å²) in [5.41, 5.74) is -0.708. The van der Waals surface area contributed by atoms with Crippen molar-refractivity contribution in [1.82, 2.24) is 0 Å². The highest BCUT2D eigenvalue weighted by Gasteiger charge is 2.36. The van der Waals surface area contributed by atoms with Crippen LogP contribution in [0.2, 0.25) is 5.02 Å². The van der Waals surface area contributed by atoms with Crippen molar-refractivity contribution in [1.29, 1.82) is 0 Å².